The summed E-state index contributed by atoms with van der Waals surface area (Å²) < 4.78 is 33.9. The fraction of sp³-hybridized carbons (Fsp3) is 0.263. The fourth-order valence-electron chi connectivity index (χ4n) is 2.59. The van der Waals surface area contributed by atoms with Gasteiger partial charge >= 0.3 is 0 Å². The molecule has 1 heterocycles. The summed E-state index contributed by atoms with van der Waals surface area (Å²) in [4.78, 5) is 0. The van der Waals surface area contributed by atoms with E-state index in [4.69, 9.17) is 8.60 Å². The molecule has 0 spiro atoms. The Hall–Kier alpha value is -2.51. The molecule has 0 saturated carbocycles. The third-order valence-electron chi connectivity index (χ3n) is 3.82. The van der Waals surface area contributed by atoms with Crippen LogP contribution in [-0.2, 0) is 14.3 Å². The molecule has 3 aromatic rings. The number of nitrogens with zero attached hydrogens (tertiary/aromatic N) is 2. The highest BCUT2D eigenvalue weighted by atomic mass is 32.2. The normalized spacial score (nSPS) is 13.1. The van der Waals surface area contributed by atoms with E-state index in [9.17, 15) is 8.42 Å². The summed E-state index contributed by atoms with van der Waals surface area (Å²) in [5, 5.41) is 8.16. The molecule has 1 unspecified atom stereocenters. The van der Waals surface area contributed by atoms with Crippen molar-refractivity contribution in [2.24, 2.45) is 5.92 Å². The first-order chi connectivity index (χ1) is 12.3. The van der Waals surface area contributed by atoms with E-state index in [0.29, 0.717) is 11.8 Å². The lowest BCUT2D eigenvalue weighted by atomic mass is 9.98. The number of hydrogen-bond donors (Lipinski definition) is 0. The van der Waals surface area contributed by atoms with Crippen LogP contribution < -0.4 is 0 Å². The van der Waals surface area contributed by atoms with Crippen molar-refractivity contribution in [3.05, 3.63) is 60.2 Å². The van der Waals surface area contributed by atoms with E-state index in [0.717, 1.165) is 22.9 Å². The molecule has 3 rings (SSSR count). The first kappa shape index (κ1) is 18.3. The highest BCUT2D eigenvalue weighted by Crippen LogP contribution is 2.30. The van der Waals surface area contributed by atoms with Gasteiger partial charge in [0, 0.05) is 11.1 Å². The Morgan fingerprint density at radius 1 is 0.885 bits per heavy atom. The van der Waals surface area contributed by atoms with Crippen molar-refractivity contribution in [2.75, 3.05) is 6.26 Å². The minimum absolute atomic E-state index is 0.00339. The zero-order valence-electron chi connectivity index (χ0n) is 14.8. The van der Waals surface area contributed by atoms with Crippen molar-refractivity contribution in [2.45, 2.75) is 20.0 Å². The second kappa shape index (κ2) is 7.39. The quantitative estimate of drug-likeness (QED) is 0.607. The lowest BCUT2D eigenvalue weighted by molar-refractivity contribution is 0.163. The molecule has 136 valence electrons. The summed E-state index contributed by atoms with van der Waals surface area (Å²) in [7, 11) is -3.55. The van der Waals surface area contributed by atoms with Gasteiger partial charge in [-0.25, -0.2) is 0 Å². The van der Waals surface area contributed by atoms with Crippen molar-refractivity contribution in [1.82, 2.24) is 10.2 Å². The molecule has 6 nitrogen and oxygen atoms in total. The van der Waals surface area contributed by atoms with Crippen LogP contribution in [0.15, 0.2) is 59.0 Å². The monoisotopic (exact) mass is 372 g/mol. The molecule has 0 amide bonds. The SMILES string of the molecule is CC(C)C(OS(C)(=O)=O)c1ccc(-c2nnc(-c3ccccc3)o2)cc1. The summed E-state index contributed by atoms with van der Waals surface area (Å²) in [5.41, 5.74) is 2.38. The van der Waals surface area contributed by atoms with Crippen LogP contribution in [0.2, 0.25) is 0 Å². The highest BCUT2D eigenvalue weighted by molar-refractivity contribution is 7.86. The van der Waals surface area contributed by atoms with Crippen LogP contribution in [0, 0.1) is 5.92 Å². The predicted octanol–water partition coefficient (Wildman–Crippen LogP) is 4.08. The van der Waals surface area contributed by atoms with Gasteiger partial charge in [-0.3, -0.25) is 4.18 Å². The first-order valence-corrected chi connectivity index (χ1v) is 10.0. The summed E-state index contributed by atoms with van der Waals surface area (Å²) in [6.45, 7) is 3.82. The topological polar surface area (TPSA) is 82.3 Å². The third kappa shape index (κ3) is 4.36. The average molecular weight is 372 g/mol. The molecule has 0 aliphatic rings. The van der Waals surface area contributed by atoms with Gasteiger partial charge in [0.25, 0.3) is 10.1 Å². The van der Waals surface area contributed by atoms with Crippen LogP contribution >= 0.6 is 0 Å². The van der Waals surface area contributed by atoms with E-state index < -0.39 is 16.2 Å². The predicted molar refractivity (Wildman–Crippen MR) is 98.7 cm³/mol. The lowest BCUT2D eigenvalue weighted by Crippen LogP contribution is -2.15. The Labute approximate surface area is 153 Å². The third-order valence-corrected chi connectivity index (χ3v) is 4.37. The van der Waals surface area contributed by atoms with Gasteiger partial charge in [0.1, 0.15) is 6.10 Å². The summed E-state index contributed by atoms with van der Waals surface area (Å²) in [5.74, 6) is 0.856. The van der Waals surface area contributed by atoms with Crippen molar-refractivity contribution in [3.8, 4) is 22.9 Å². The second-order valence-corrected chi connectivity index (χ2v) is 7.97. The lowest BCUT2D eigenvalue weighted by Gasteiger charge is -2.20. The summed E-state index contributed by atoms with van der Waals surface area (Å²) in [6.07, 6.45) is 0.516. The molecule has 0 aliphatic carbocycles. The van der Waals surface area contributed by atoms with Crippen LogP contribution in [0.4, 0.5) is 0 Å². The number of hydrogen-bond acceptors (Lipinski definition) is 6. The Balaban J connectivity index is 1.84. The van der Waals surface area contributed by atoms with Crippen LogP contribution in [0.1, 0.15) is 25.5 Å². The maximum Gasteiger partial charge on any atom is 0.264 e. The average Bonchev–Trinajstić information content (AvgIpc) is 3.10. The van der Waals surface area contributed by atoms with Gasteiger partial charge in [-0.2, -0.15) is 8.42 Å². The van der Waals surface area contributed by atoms with Gasteiger partial charge in [0.2, 0.25) is 11.8 Å². The standard InChI is InChI=1S/C19H20N2O4S/c1-13(2)17(25-26(3,22)23)14-9-11-16(12-10-14)19-21-20-18(24-19)15-7-5-4-6-8-15/h4-13,17H,1-3H3. The van der Waals surface area contributed by atoms with Gasteiger partial charge in [0.05, 0.1) is 6.26 Å². The molecule has 26 heavy (non-hydrogen) atoms. The van der Waals surface area contributed by atoms with E-state index >= 15 is 0 Å². The molecule has 7 heteroatoms. The first-order valence-electron chi connectivity index (χ1n) is 8.21. The molecule has 0 saturated heterocycles. The van der Waals surface area contributed by atoms with E-state index in [1.54, 1.807) is 0 Å². The van der Waals surface area contributed by atoms with Crippen LogP contribution in [0.5, 0.6) is 0 Å². The molecular formula is C19H20N2O4S. The molecule has 0 fully saturated rings. The Morgan fingerprint density at radius 2 is 1.42 bits per heavy atom. The summed E-state index contributed by atoms with van der Waals surface area (Å²) >= 11 is 0. The van der Waals surface area contributed by atoms with E-state index in [1.165, 1.54) is 0 Å². The zero-order chi connectivity index (χ0) is 18.7. The van der Waals surface area contributed by atoms with Crippen molar-refractivity contribution in [1.29, 1.82) is 0 Å². The zero-order valence-corrected chi connectivity index (χ0v) is 15.6. The minimum Gasteiger partial charge on any atom is -0.416 e. The largest absolute Gasteiger partial charge is 0.416 e. The van der Waals surface area contributed by atoms with Crippen molar-refractivity contribution in [3.63, 3.8) is 0 Å². The summed E-state index contributed by atoms with van der Waals surface area (Å²) in [6, 6.07) is 16.8. The van der Waals surface area contributed by atoms with Gasteiger partial charge in [-0.05, 0) is 35.7 Å². The number of aromatic nitrogens is 2. The van der Waals surface area contributed by atoms with E-state index in [2.05, 4.69) is 10.2 Å². The molecule has 0 aliphatic heterocycles. The molecule has 1 atom stereocenters. The number of rotatable bonds is 6. The minimum atomic E-state index is -3.55. The second-order valence-electron chi connectivity index (χ2n) is 6.37. The molecule has 0 N–H and O–H groups in total. The highest BCUT2D eigenvalue weighted by Gasteiger charge is 2.22. The van der Waals surface area contributed by atoms with Gasteiger partial charge in [-0.1, -0.05) is 44.2 Å². The van der Waals surface area contributed by atoms with Crippen LogP contribution in [0.3, 0.4) is 0 Å². The Morgan fingerprint density at radius 3 is 1.92 bits per heavy atom. The Kier molecular flexibility index (Phi) is 5.20. The number of benzene rings is 2. The molecule has 1 aromatic heterocycles. The van der Waals surface area contributed by atoms with Crippen molar-refractivity contribution < 1.29 is 17.0 Å². The van der Waals surface area contributed by atoms with Crippen molar-refractivity contribution >= 4 is 10.1 Å². The molecule has 2 aromatic carbocycles. The van der Waals surface area contributed by atoms with Gasteiger partial charge < -0.3 is 4.42 Å². The Bertz CT molecular complexity index is 964. The maximum atomic E-state index is 11.5. The van der Waals surface area contributed by atoms with E-state index in [1.807, 2.05) is 68.4 Å². The molecule has 0 bridgehead atoms. The molecular weight excluding hydrogens is 352 g/mol. The van der Waals surface area contributed by atoms with Gasteiger partial charge in [0.15, 0.2) is 0 Å². The molecule has 0 radical (unpaired) electrons. The maximum absolute atomic E-state index is 11.5. The van der Waals surface area contributed by atoms with Gasteiger partial charge in [-0.15, -0.1) is 10.2 Å². The smallest absolute Gasteiger partial charge is 0.264 e. The van der Waals surface area contributed by atoms with Crippen LogP contribution in [-0.4, -0.2) is 24.9 Å². The van der Waals surface area contributed by atoms with Crippen LogP contribution in [0.25, 0.3) is 22.9 Å². The fourth-order valence-corrected chi connectivity index (χ4v) is 3.30. The van der Waals surface area contributed by atoms with E-state index in [-0.39, 0.29) is 5.92 Å².